The summed E-state index contributed by atoms with van der Waals surface area (Å²) in [5.41, 5.74) is 0.594. The summed E-state index contributed by atoms with van der Waals surface area (Å²) in [6, 6.07) is 8.99. The molecule has 0 saturated carbocycles. The molecule has 1 aromatic heterocycles. The molecule has 0 bridgehead atoms. The van der Waals surface area contributed by atoms with Gasteiger partial charge in [-0.15, -0.1) is 0 Å². The molecule has 2 aromatic rings. The van der Waals surface area contributed by atoms with Gasteiger partial charge in [0, 0.05) is 11.9 Å². The molecule has 1 heterocycles. The van der Waals surface area contributed by atoms with E-state index in [2.05, 4.69) is 10.3 Å². The van der Waals surface area contributed by atoms with Crippen LogP contribution >= 0.6 is 0 Å². The van der Waals surface area contributed by atoms with E-state index in [-0.39, 0.29) is 16.5 Å². The molecule has 0 saturated heterocycles. The molecule has 18 heavy (non-hydrogen) atoms. The zero-order valence-electron chi connectivity index (χ0n) is 9.24. The Kier molecular flexibility index (Phi) is 3.17. The number of nitrogens with zero attached hydrogens (tertiary/aromatic N) is 1. The molecule has 0 atom stereocenters. The van der Waals surface area contributed by atoms with E-state index < -0.39 is 10.0 Å². The predicted molar refractivity (Wildman–Crippen MR) is 67.0 cm³/mol. The van der Waals surface area contributed by atoms with Crippen LogP contribution in [0.1, 0.15) is 0 Å². The summed E-state index contributed by atoms with van der Waals surface area (Å²) in [5, 5.41) is 17.1. The van der Waals surface area contributed by atoms with Crippen molar-refractivity contribution in [3.8, 4) is 5.75 Å². The van der Waals surface area contributed by atoms with Crippen LogP contribution < -0.4 is 10.5 Å². The highest BCUT2D eigenvalue weighted by molar-refractivity contribution is 7.89. The fourth-order valence-electron chi connectivity index (χ4n) is 1.40. The molecule has 0 unspecified atom stereocenters. The van der Waals surface area contributed by atoms with Gasteiger partial charge in [-0.1, -0.05) is 0 Å². The molecule has 0 amide bonds. The molecule has 0 spiro atoms. The Hall–Kier alpha value is -2.12. The van der Waals surface area contributed by atoms with E-state index in [4.69, 9.17) is 10.2 Å². The lowest BCUT2D eigenvalue weighted by Gasteiger charge is -2.09. The number of phenolic OH excluding ortho intramolecular Hbond substituents is 1. The lowest BCUT2D eigenvalue weighted by molar-refractivity contribution is 0.475. The first-order valence-electron chi connectivity index (χ1n) is 5.01. The van der Waals surface area contributed by atoms with Crippen molar-refractivity contribution < 1.29 is 13.5 Å². The zero-order valence-corrected chi connectivity index (χ0v) is 10.1. The maximum Gasteiger partial charge on any atom is 0.241 e. The summed E-state index contributed by atoms with van der Waals surface area (Å²) >= 11 is 0. The highest BCUT2D eigenvalue weighted by Crippen LogP contribution is 2.22. The summed E-state index contributed by atoms with van der Waals surface area (Å²) in [4.78, 5) is 3.84. The fraction of sp³-hybridized carbons (Fsp3) is 0. The van der Waals surface area contributed by atoms with Crippen LogP contribution in [0.2, 0.25) is 0 Å². The van der Waals surface area contributed by atoms with Crippen molar-refractivity contribution in [2.45, 2.75) is 4.90 Å². The molecule has 4 N–H and O–H groups in total. The molecule has 0 aliphatic heterocycles. The number of nitrogens with one attached hydrogen (secondary N) is 1. The summed E-state index contributed by atoms with van der Waals surface area (Å²) in [5.74, 6) is 0.263. The molecule has 0 fully saturated rings. The lowest BCUT2D eigenvalue weighted by atomic mass is 10.3. The summed E-state index contributed by atoms with van der Waals surface area (Å²) in [7, 11) is -3.84. The van der Waals surface area contributed by atoms with Gasteiger partial charge in [-0.3, -0.25) is 0 Å². The lowest BCUT2D eigenvalue weighted by Crippen LogP contribution is -2.14. The van der Waals surface area contributed by atoms with Crippen molar-refractivity contribution >= 4 is 21.5 Å². The summed E-state index contributed by atoms with van der Waals surface area (Å²) < 4.78 is 22.7. The van der Waals surface area contributed by atoms with E-state index in [0.29, 0.717) is 5.69 Å². The van der Waals surface area contributed by atoms with Crippen LogP contribution in [0.15, 0.2) is 47.5 Å². The van der Waals surface area contributed by atoms with Crippen LogP contribution in [0, 0.1) is 0 Å². The van der Waals surface area contributed by atoms with Gasteiger partial charge in [0.1, 0.15) is 10.6 Å². The molecule has 0 aliphatic rings. The van der Waals surface area contributed by atoms with Crippen LogP contribution in [-0.2, 0) is 10.0 Å². The maximum atomic E-state index is 11.4. The number of primary sulfonamides is 1. The van der Waals surface area contributed by atoms with Crippen molar-refractivity contribution in [1.82, 2.24) is 4.98 Å². The number of benzene rings is 1. The first-order chi connectivity index (χ1) is 8.47. The number of rotatable bonds is 3. The number of sulfonamides is 1. The van der Waals surface area contributed by atoms with Crippen molar-refractivity contribution in [2.24, 2.45) is 5.14 Å². The quantitative estimate of drug-likeness (QED) is 0.723. The largest absolute Gasteiger partial charge is 0.508 e. The van der Waals surface area contributed by atoms with Crippen LogP contribution in [-0.4, -0.2) is 18.5 Å². The minimum absolute atomic E-state index is 0.0851. The molecule has 7 heteroatoms. The predicted octanol–water partition coefficient (Wildman–Crippen LogP) is 1.18. The second-order valence-electron chi connectivity index (χ2n) is 3.57. The van der Waals surface area contributed by atoms with E-state index in [1.54, 1.807) is 12.1 Å². The van der Waals surface area contributed by atoms with Gasteiger partial charge in [0.15, 0.2) is 5.82 Å². The average Bonchev–Trinajstić information content (AvgIpc) is 2.31. The van der Waals surface area contributed by atoms with E-state index in [9.17, 15) is 8.42 Å². The monoisotopic (exact) mass is 265 g/mol. The first-order valence-corrected chi connectivity index (χ1v) is 6.55. The second kappa shape index (κ2) is 4.63. The SMILES string of the molecule is NS(=O)(=O)c1cccnc1Nc1ccc(O)cc1. The molecule has 6 nitrogen and oxygen atoms in total. The Balaban J connectivity index is 2.38. The average molecular weight is 265 g/mol. The third kappa shape index (κ3) is 2.76. The molecular formula is C11H11N3O3S. The summed E-state index contributed by atoms with van der Waals surface area (Å²) in [6.07, 6.45) is 1.46. The van der Waals surface area contributed by atoms with Crippen molar-refractivity contribution in [3.63, 3.8) is 0 Å². The smallest absolute Gasteiger partial charge is 0.241 e. The van der Waals surface area contributed by atoms with Gasteiger partial charge < -0.3 is 10.4 Å². The Morgan fingerprint density at radius 1 is 1.17 bits per heavy atom. The minimum Gasteiger partial charge on any atom is -0.508 e. The number of pyridine rings is 1. The molecule has 0 radical (unpaired) electrons. The van der Waals surface area contributed by atoms with Crippen LogP contribution in [0.25, 0.3) is 0 Å². The number of hydrogen-bond donors (Lipinski definition) is 3. The molecule has 94 valence electrons. The standard InChI is InChI=1S/C11H11N3O3S/c12-18(16,17)10-2-1-7-13-11(10)14-8-3-5-9(15)6-4-8/h1-7,15H,(H,13,14)(H2,12,16,17). The second-order valence-corrected chi connectivity index (χ2v) is 5.10. The minimum atomic E-state index is -3.84. The van der Waals surface area contributed by atoms with Gasteiger partial charge >= 0.3 is 0 Å². The van der Waals surface area contributed by atoms with Crippen molar-refractivity contribution in [1.29, 1.82) is 0 Å². The Morgan fingerprint density at radius 2 is 1.83 bits per heavy atom. The Labute approximate surface area is 104 Å². The Morgan fingerprint density at radius 3 is 2.44 bits per heavy atom. The van der Waals surface area contributed by atoms with Crippen LogP contribution in [0.5, 0.6) is 5.75 Å². The first kappa shape index (κ1) is 12.3. The number of aromatic nitrogens is 1. The van der Waals surface area contributed by atoms with Crippen LogP contribution in [0.4, 0.5) is 11.5 Å². The summed E-state index contributed by atoms with van der Waals surface area (Å²) in [6.45, 7) is 0. The van der Waals surface area contributed by atoms with Gasteiger partial charge in [0.2, 0.25) is 10.0 Å². The van der Waals surface area contributed by atoms with Gasteiger partial charge in [-0.25, -0.2) is 18.5 Å². The highest BCUT2D eigenvalue weighted by atomic mass is 32.2. The Bertz CT molecular complexity index is 653. The van der Waals surface area contributed by atoms with E-state index in [0.717, 1.165) is 0 Å². The van der Waals surface area contributed by atoms with E-state index in [1.807, 2.05) is 0 Å². The zero-order chi connectivity index (χ0) is 13.2. The highest BCUT2D eigenvalue weighted by Gasteiger charge is 2.14. The van der Waals surface area contributed by atoms with Crippen LogP contribution in [0.3, 0.4) is 0 Å². The van der Waals surface area contributed by atoms with Crippen molar-refractivity contribution in [2.75, 3.05) is 5.32 Å². The molecular weight excluding hydrogens is 254 g/mol. The van der Waals surface area contributed by atoms with Crippen molar-refractivity contribution in [3.05, 3.63) is 42.6 Å². The normalized spacial score (nSPS) is 11.2. The molecule has 0 aliphatic carbocycles. The number of nitrogens with two attached hydrogens (primary N) is 1. The molecule has 1 aromatic carbocycles. The number of hydrogen-bond acceptors (Lipinski definition) is 5. The molecule has 2 rings (SSSR count). The van der Waals surface area contributed by atoms with E-state index >= 15 is 0 Å². The van der Waals surface area contributed by atoms with Gasteiger partial charge in [0.05, 0.1) is 0 Å². The number of phenols is 1. The van der Waals surface area contributed by atoms with Gasteiger partial charge in [-0.2, -0.15) is 0 Å². The van der Waals surface area contributed by atoms with Gasteiger partial charge in [0.25, 0.3) is 0 Å². The third-order valence-corrected chi connectivity index (χ3v) is 3.15. The fourth-order valence-corrected chi connectivity index (χ4v) is 2.04. The maximum absolute atomic E-state index is 11.4. The van der Waals surface area contributed by atoms with Gasteiger partial charge in [-0.05, 0) is 36.4 Å². The topological polar surface area (TPSA) is 105 Å². The number of aromatic hydroxyl groups is 1. The van der Waals surface area contributed by atoms with E-state index in [1.165, 1.54) is 30.5 Å². The number of anilines is 2. The third-order valence-electron chi connectivity index (χ3n) is 2.21.